The molecule has 1 N–H and O–H groups in total. The van der Waals surface area contributed by atoms with E-state index in [0.29, 0.717) is 5.75 Å². The van der Waals surface area contributed by atoms with E-state index in [1.807, 2.05) is 13.1 Å². The summed E-state index contributed by atoms with van der Waals surface area (Å²) in [7, 11) is 3.47. The topological polar surface area (TPSA) is 24.5 Å². The van der Waals surface area contributed by atoms with Gasteiger partial charge in [0, 0.05) is 13.1 Å². The Morgan fingerprint density at radius 3 is 3.00 bits per heavy atom. The van der Waals surface area contributed by atoms with Crippen molar-refractivity contribution in [2.75, 3.05) is 33.8 Å². The third kappa shape index (κ3) is 3.21. The van der Waals surface area contributed by atoms with Gasteiger partial charge in [-0.25, -0.2) is 4.39 Å². The normalized spacial score (nSPS) is 20.3. The van der Waals surface area contributed by atoms with E-state index in [4.69, 9.17) is 4.74 Å². The highest BCUT2D eigenvalue weighted by Gasteiger charge is 2.21. The fourth-order valence-electron chi connectivity index (χ4n) is 2.58. The van der Waals surface area contributed by atoms with Gasteiger partial charge in [0.15, 0.2) is 11.6 Å². The summed E-state index contributed by atoms with van der Waals surface area (Å²) in [5, 5.41) is 3.22. The zero-order chi connectivity index (χ0) is 13.0. The number of nitrogens with zero attached hydrogens (tertiary/aromatic N) is 1. The maximum absolute atomic E-state index is 13.6. The van der Waals surface area contributed by atoms with Crippen molar-refractivity contribution in [3.05, 3.63) is 29.6 Å². The summed E-state index contributed by atoms with van der Waals surface area (Å²) in [6.07, 6.45) is 1.22. The van der Waals surface area contributed by atoms with Gasteiger partial charge in [-0.2, -0.15) is 0 Å². The Morgan fingerprint density at radius 2 is 2.33 bits per heavy atom. The Labute approximate surface area is 108 Å². The molecule has 0 aromatic heterocycles. The molecule has 0 bridgehead atoms. The molecule has 1 aliphatic heterocycles. The standard InChI is InChI=1S/C14H21FN2O/c1-16-8-12-5-6-17(10-12)9-11-3-4-14(18-2)13(15)7-11/h3-4,7,12,16H,5-6,8-10H2,1-2H3. The van der Waals surface area contributed by atoms with E-state index in [-0.39, 0.29) is 5.82 Å². The molecule has 1 fully saturated rings. The summed E-state index contributed by atoms with van der Waals surface area (Å²) in [5.41, 5.74) is 1.01. The molecule has 1 saturated heterocycles. The van der Waals surface area contributed by atoms with Crippen molar-refractivity contribution >= 4 is 0 Å². The molecule has 0 radical (unpaired) electrons. The van der Waals surface area contributed by atoms with Crippen LogP contribution in [0.15, 0.2) is 18.2 Å². The molecule has 1 atom stereocenters. The van der Waals surface area contributed by atoms with Crippen molar-refractivity contribution in [2.24, 2.45) is 5.92 Å². The SMILES string of the molecule is CNCC1CCN(Cc2ccc(OC)c(F)c2)C1. The van der Waals surface area contributed by atoms with Crippen LogP contribution in [0.25, 0.3) is 0 Å². The maximum atomic E-state index is 13.6. The van der Waals surface area contributed by atoms with Crippen molar-refractivity contribution in [3.63, 3.8) is 0 Å². The molecular weight excluding hydrogens is 231 g/mol. The molecule has 3 nitrogen and oxygen atoms in total. The van der Waals surface area contributed by atoms with Crippen LogP contribution in [0.3, 0.4) is 0 Å². The molecule has 1 aromatic rings. The van der Waals surface area contributed by atoms with Gasteiger partial charge in [-0.3, -0.25) is 4.90 Å². The first kappa shape index (κ1) is 13.3. The van der Waals surface area contributed by atoms with Gasteiger partial charge in [0.25, 0.3) is 0 Å². The number of ether oxygens (including phenoxy) is 1. The Kier molecular flexibility index (Phi) is 4.55. The minimum absolute atomic E-state index is 0.277. The van der Waals surface area contributed by atoms with E-state index in [1.165, 1.54) is 13.5 Å². The molecule has 18 heavy (non-hydrogen) atoms. The molecule has 4 heteroatoms. The average molecular weight is 252 g/mol. The lowest BCUT2D eigenvalue weighted by molar-refractivity contribution is 0.314. The van der Waals surface area contributed by atoms with Crippen molar-refractivity contribution < 1.29 is 9.13 Å². The highest BCUT2D eigenvalue weighted by Crippen LogP contribution is 2.21. The molecule has 1 unspecified atom stereocenters. The van der Waals surface area contributed by atoms with E-state index in [2.05, 4.69) is 10.2 Å². The molecule has 0 spiro atoms. The molecule has 0 amide bonds. The van der Waals surface area contributed by atoms with Crippen LogP contribution in [0, 0.1) is 11.7 Å². The smallest absolute Gasteiger partial charge is 0.165 e. The third-order valence-corrected chi connectivity index (χ3v) is 3.49. The number of likely N-dealkylation sites (tertiary alicyclic amines) is 1. The number of nitrogens with one attached hydrogen (secondary N) is 1. The van der Waals surface area contributed by atoms with Crippen molar-refractivity contribution in [2.45, 2.75) is 13.0 Å². The lowest BCUT2D eigenvalue weighted by Gasteiger charge is -2.16. The van der Waals surface area contributed by atoms with Crippen LogP contribution in [0.5, 0.6) is 5.75 Å². The summed E-state index contributed by atoms with van der Waals surface area (Å²) in [6.45, 7) is 4.07. The van der Waals surface area contributed by atoms with E-state index in [9.17, 15) is 4.39 Å². The number of hydrogen-bond donors (Lipinski definition) is 1. The predicted molar refractivity (Wildman–Crippen MR) is 70.3 cm³/mol. The minimum atomic E-state index is -0.277. The quantitative estimate of drug-likeness (QED) is 0.866. The fourth-order valence-corrected chi connectivity index (χ4v) is 2.58. The number of hydrogen-bond acceptors (Lipinski definition) is 3. The van der Waals surface area contributed by atoms with Gasteiger partial charge in [-0.05, 0) is 50.2 Å². The zero-order valence-corrected chi connectivity index (χ0v) is 11.1. The fraction of sp³-hybridized carbons (Fsp3) is 0.571. The molecule has 1 aliphatic rings. The monoisotopic (exact) mass is 252 g/mol. The lowest BCUT2D eigenvalue weighted by Crippen LogP contribution is -2.24. The first-order chi connectivity index (χ1) is 8.72. The van der Waals surface area contributed by atoms with Crippen LogP contribution in [0.2, 0.25) is 0 Å². The molecule has 1 aromatic carbocycles. The van der Waals surface area contributed by atoms with Gasteiger partial charge in [0.1, 0.15) is 0 Å². The number of methoxy groups -OCH3 is 1. The van der Waals surface area contributed by atoms with E-state index < -0.39 is 0 Å². The largest absolute Gasteiger partial charge is 0.494 e. The number of benzene rings is 1. The molecule has 100 valence electrons. The van der Waals surface area contributed by atoms with E-state index >= 15 is 0 Å². The highest BCUT2D eigenvalue weighted by molar-refractivity contribution is 5.29. The summed E-state index contributed by atoms with van der Waals surface area (Å²) in [6, 6.07) is 5.21. The average Bonchev–Trinajstić information content (AvgIpc) is 2.77. The number of halogens is 1. The van der Waals surface area contributed by atoms with E-state index in [1.54, 1.807) is 12.1 Å². The van der Waals surface area contributed by atoms with Crippen LogP contribution in [0.4, 0.5) is 4.39 Å². The van der Waals surface area contributed by atoms with Crippen LogP contribution in [-0.2, 0) is 6.54 Å². The van der Waals surface area contributed by atoms with Gasteiger partial charge in [0.2, 0.25) is 0 Å². The lowest BCUT2D eigenvalue weighted by atomic mass is 10.1. The van der Waals surface area contributed by atoms with Crippen molar-refractivity contribution in [1.82, 2.24) is 10.2 Å². The molecule has 0 saturated carbocycles. The second kappa shape index (κ2) is 6.16. The van der Waals surface area contributed by atoms with Crippen LogP contribution in [-0.4, -0.2) is 38.7 Å². The van der Waals surface area contributed by atoms with Gasteiger partial charge in [-0.15, -0.1) is 0 Å². The first-order valence-corrected chi connectivity index (χ1v) is 6.42. The second-order valence-corrected chi connectivity index (χ2v) is 4.92. The van der Waals surface area contributed by atoms with Crippen molar-refractivity contribution in [1.29, 1.82) is 0 Å². The summed E-state index contributed by atoms with van der Waals surface area (Å²) in [4.78, 5) is 2.38. The van der Waals surface area contributed by atoms with Gasteiger partial charge >= 0.3 is 0 Å². The Balaban J connectivity index is 1.92. The minimum Gasteiger partial charge on any atom is -0.494 e. The van der Waals surface area contributed by atoms with Crippen LogP contribution >= 0.6 is 0 Å². The second-order valence-electron chi connectivity index (χ2n) is 4.92. The van der Waals surface area contributed by atoms with Gasteiger partial charge in [-0.1, -0.05) is 6.07 Å². The van der Waals surface area contributed by atoms with Crippen LogP contribution < -0.4 is 10.1 Å². The van der Waals surface area contributed by atoms with Crippen molar-refractivity contribution in [3.8, 4) is 5.75 Å². The summed E-state index contributed by atoms with van der Waals surface area (Å²) >= 11 is 0. The number of rotatable bonds is 5. The molecular formula is C14H21FN2O. The van der Waals surface area contributed by atoms with Crippen LogP contribution in [0.1, 0.15) is 12.0 Å². The van der Waals surface area contributed by atoms with Gasteiger partial charge < -0.3 is 10.1 Å². The molecule has 2 rings (SSSR count). The summed E-state index contributed by atoms with van der Waals surface area (Å²) < 4.78 is 18.5. The Bertz CT molecular complexity index is 397. The molecule has 1 heterocycles. The first-order valence-electron chi connectivity index (χ1n) is 6.42. The molecule has 0 aliphatic carbocycles. The van der Waals surface area contributed by atoms with E-state index in [0.717, 1.165) is 37.7 Å². The third-order valence-electron chi connectivity index (χ3n) is 3.49. The highest BCUT2D eigenvalue weighted by atomic mass is 19.1. The Hall–Kier alpha value is -1.13. The van der Waals surface area contributed by atoms with Gasteiger partial charge in [0.05, 0.1) is 7.11 Å². The Morgan fingerprint density at radius 1 is 1.50 bits per heavy atom. The zero-order valence-electron chi connectivity index (χ0n) is 11.1. The predicted octanol–water partition coefficient (Wildman–Crippen LogP) is 1.88. The maximum Gasteiger partial charge on any atom is 0.165 e. The summed E-state index contributed by atoms with van der Waals surface area (Å²) in [5.74, 6) is 0.757.